The van der Waals surface area contributed by atoms with Crippen molar-refractivity contribution in [3.05, 3.63) is 53.6 Å². The molecule has 12 nitrogen and oxygen atoms in total. The molecule has 0 saturated carbocycles. The van der Waals surface area contributed by atoms with Crippen molar-refractivity contribution >= 4 is 28.8 Å². The number of nitriles is 1. The number of ether oxygens (including phenoxy) is 1. The van der Waals surface area contributed by atoms with Gasteiger partial charge in [-0.25, -0.2) is 4.68 Å². The van der Waals surface area contributed by atoms with Crippen LogP contribution in [0.15, 0.2) is 42.5 Å². The van der Waals surface area contributed by atoms with Crippen molar-refractivity contribution in [3.8, 4) is 11.8 Å². The van der Waals surface area contributed by atoms with E-state index in [4.69, 9.17) is 10.5 Å². The third kappa shape index (κ3) is 6.78. The van der Waals surface area contributed by atoms with Crippen LogP contribution in [-0.4, -0.2) is 80.8 Å². The first kappa shape index (κ1) is 30.0. The maximum atomic E-state index is 13.6. The van der Waals surface area contributed by atoms with Gasteiger partial charge in [0.1, 0.15) is 23.3 Å². The highest BCUT2D eigenvalue weighted by molar-refractivity contribution is 5.91. The Bertz CT molecular complexity index is 1510. The van der Waals surface area contributed by atoms with E-state index in [9.17, 15) is 19.6 Å². The topological polar surface area (TPSA) is 159 Å². The third-order valence-electron chi connectivity index (χ3n) is 8.51. The number of aryl methyl sites for hydroxylation is 1. The number of nitrogens with one attached hydrogen (secondary N) is 1. The van der Waals surface area contributed by atoms with Gasteiger partial charge in [-0.15, -0.1) is 5.10 Å². The number of methoxy groups -OCH3 is 1. The van der Waals surface area contributed by atoms with Gasteiger partial charge in [-0.3, -0.25) is 14.4 Å². The van der Waals surface area contributed by atoms with Crippen LogP contribution >= 0.6 is 0 Å². The van der Waals surface area contributed by atoms with E-state index in [0.717, 1.165) is 34.3 Å². The average molecular weight is 587 g/mol. The number of aromatic nitrogens is 3. The first-order valence-corrected chi connectivity index (χ1v) is 14.7. The summed E-state index contributed by atoms with van der Waals surface area (Å²) >= 11 is 0. The van der Waals surface area contributed by atoms with Crippen LogP contribution in [-0.2, 0) is 34.4 Å². The highest BCUT2D eigenvalue weighted by Crippen LogP contribution is 2.29. The van der Waals surface area contributed by atoms with E-state index >= 15 is 0 Å². The van der Waals surface area contributed by atoms with E-state index in [1.807, 2.05) is 49.5 Å². The maximum absolute atomic E-state index is 13.6. The predicted octanol–water partition coefficient (Wildman–Crippen LogP) is 1.67. The molecule has 12 heteroatoms. The lowest BCUT2D eigenvalue weighted by atomic mass is 9.96. The molecule has 1 aromatic heterocycles. The average Bonchev–Trinajstić information content (AvgIpc) is 3.77. The zero-order valence-corrected chi connectivity index (χ0v) is 24.6. The van der Waals surface area contributed by atoms with Gasteiger partial charge in [0, 0.05) is 33.1 Å². The molecular weight excluding hydrogens is 548 g/mol. The number of nitrogens with zero attached hydrogens (tertiary/aromatic N) is 6. The Morgan fingerprint density at radius 2 is 1.93 bits per heavy atom. The number of hydrogen-bond donors (Lipinski definition) is 2. The molecule has 0 spiro atoms. The molecule has 0 unspecified atom stereocenters. The zero-order valence-electron chi connectivity index (χ0n) is 24.6. The molecule has 2 fully saturated rings. The van der Waals surface area contributed by atoms with Gasteiger partial charge in [0.2, 0.25) is 17.7 Å². The second kappa shape index (κ2) is 13.2. The molecule has 0 bridgehead atoms. The van der Waals surface area contributed by atoms with Crippen LogP contribution in [0.2, 0.25) is 0 Å². The fourth-order valence-corrected chi connectivity index (χ4v) is 6.12. The van der Waals surface area contributed by atoms with E-state index in [1.165, 1.54) is 0 Å². The number of carbonyl (C=O) groups excluding carboxylic acids is 3. The molecule has 226 valence electrons. The van der Waals surface area contributed by atoms with Gasteiger partial charge >= 0.3 is 0 Å². The first-order chi connectivity index (χ1) is 20.8. The van der Waals surface area contributed by atoms with Crippen molar-refractivity contribution in [2.75, 3.05) is 20.2 Å². The smallest absolute Gasteiger partial charge is 0.243 e. The third-order valence-corrected chi connectivity index (χ3v) is 8.51. The lowest BCUT2D eigenvalue weighted by Crippen LogP contribution is -2.51. The van der Waals surface area contributed by atoms with Crippen LogP contribution in [0.4, 0.5) is 0 Å². The van der Waals surface area contributed by atoms with Crippen LogP contribution in [0, 0.1) is 17.2 Å². The maximum Gasteiger partial charge on any atom is 0.243 e. The van der Waals surface area contributed by atoms with Gasteiger partial charge in [0.25, 0.3) is 0 Å². The minimum absolute atomic E-state index is 0.0545. The highest BCUT2D eigenvalue weighted by atomic mass is 16.5. The number of carbonyl (C=O) groups is 3. The second-order valence-electron chi connectivity index (χ2n) is 11.4. The SMILES string of the molecule is COc1ccc(C[C@@H]2C[C@@H](C(=O)NCc3ccc4c(c3)nnn4C)N(C(=O)[C@H](N)CCC(=O)N3CCC[C@@H]3C#N)C2)cc1. The van der Waals surface area contributed by atoms with E-state index < -0.39 is 18.1 Å². The Labute approximate surface area is 250 Å². The molecule has 2 aliphatic heterocycles. The predicted molar refractivity (Wildman–Crippen MR) is 158 cm³/mol. The van der Waals surface area contributed by atoms with Crippen LogP contribution in [0.25, 0.3) is 11.0 Å². The van der Waals surface area contributed by atoms with Crippen LogP contribution in [0.1, 0.15) is 43.2 Å². The summed E-state index contributed by atoms with van der Waals surface area (Å²) in [5, 5.41) is 20.5. The lowest BCUT2D eigenvalue weighted by Gasteiger charge is -2.27. The summed E-state index contributed by atoms with van der Waals surface area (Å²) in [7, 11) is 3.44. The summed E-state index contributed by atoms with van der Waals surface area (Å²) in [5.74, 6) is 0.0604. The Morgan fingerprint density at radius 3 is 2.67 bits per heavy atom. The summed E-state index contributed by atoms with van der Waals surface area (Å²) in [4.78, 5) is 43.1. The zero-order chi connectivity index (χ0) is 30.5. The Kier molecular flexibility index (Phi) is 9.21. The summed E-state index contributed by atoms with van der Waals surface area (Å²) in [6.07, 6.45) is 2.88. The van der Waals surface area contributed by atoms with E-state index in [-0.39, 0.29) is 43.0 Å². The van der Waals surface area contributed by atoms with Crippen molar-refractivity contribution < 1.29 is 19.1 Å². The van der Waals surface area contributed by atoms with Crippen molar-refractivity contribution in [1.29, 1.82) is 5.26 Å². The summed E-state index contributed by atoms with van der Waals surface area (Å²) in [6.45, 7) is 1.22. The molecule has 3 aromatic rings. The summed E-state index contributed by atoms with van der Waals surface area (Å²) in [6, 6.07) is 13.6. The number of hydrogen-bond acceptors (Lipinski definition) is 8. The molecule has 0 radical (unpaired) electrons. The molecule has 0 aliphatic carbocycles. The molecule has 2 aliphatic rings. The number of likely N-dealkylation sites (tertiary alicyclic amines) is 2. The van der Waals surface area contributed by atoms with Crippen molar-refractivity contribution in [2.24, 2.45) is 18.7 Å². The molecule has 3 amide bonds. The largest absolute Gasteiger partial charge is 0.497 e. The van der Waals surface area contributed by atoms with Crippen molar-refractivity contribution in [1.82, 2.24) is 30.1 Å². The van der Waals surface area contributed by atoms with E-state index in [1.54, 1.807) is 21.6 Å². The molecule has 5 rings (SSSR count). The summed E-state index contributed by atoms with van der Waals surface area (Å²) in [5.41, 5.74) is 9.93. The van der Waals surface area contributed by atoms with Gasteiger partial charge in [-0.2, -0.15) is 5.26 Å². The minimum atomic E-state index is -0.929. The Hall–Kier alpha value is -4.50. The van der Waals surface area contributed by atoms with Gasteiger partial charge in [0.05, 0.1) is 24.7 Å². The number of nitrogens with two attached hydrogens (primary N) is 1. The number of amides is 3. The van der Waals surface area contributed by atoms with Gasteiger partial charge in [-0.05, 0) is 73.4 Å². The molecule has 4 atom stereocenters. The number of fused-ring (bicyclic) bond motifs is 1. The first-order valence-electron chi connectivity index (χ1n) is 14.7. The van der Waals surface area contributed by atoms with Crippen LogP contribution in [0.3, 0.4) is 0 Å². The van der Waals surface area contributed by atoms with Crippen LogP contribution < -0.4 is 15.8 Å². The summed E-state index contributed by atoms with van der Waals surface area (Å²) < 4.78 is 6.95. The van der Waals surface area contributed by atoms with Gasteiger partial charge in [-0.1, -0.05) is 23.4 Å². The molecular formula is C31H38N8O4. The molecule has 43 heavy (non-hydrogen) atoms. The highest BCUT2D eigenvalue weighted by Gasteiger charge is 2.41. The standard InChI is InChI=1S/C31H38N8O4/c1-37-27-11-7-21(15-26(27)35-36-37)18-34-30(41)28-16-22(14-20-5-8-24(43-2)9-6-20)19-39(28)31(42)25(33)10-12-29(40)38-13-3-4-23(38)17-32/h5-9,11,15,22-23,25,28H,3-4,10,12-14,16,18-19,33H2,1-2H3,(H,34,41)/t22-,23-,25-,28+/m1/s1. The normalized spacial score (nSPS) is 20.7. The fourth-order valence-electron chi connectivity index (χ4n) is 6.12. The number of benzene rings is 2. The Balaban J connectivity index is 1.25. The van der Waals surface area contributed by atoms with E-state index in [2.05, 4.69) is 21.7 Å². The molecule has 2 aromatic carbocycles. The molecule has 3 heterocycles. The quantitative estimate of drug-likeness (QED) is 0.363. The Morgan fingerprint density at radius 1 is 1.16 bits per heavy atom. The molecule has 3 N–H and O–H groups in total. The van der Waals surface area contributed by atoms with Crippen molar-refractivity contribution in [2.45, 2.75) is 63.2 Å². The second-order valence-corrected chi connectivity index (χ2v) is 11.4. The van der Waals surface area contributed by atoms with E-state index in [0.29, 0.717) is 32.4 Å². The van der Waals surface area contributed by atoms with Gasteiger partial charge in [0.15, 0.2) is 0 Å². The lowest BCUT2D eigenvalue weighted by molar-refractivity contribution is -0.140. The number of rotatable bonds is 10. The van der Waals surface area contributed by atoms with Gasteiger partial charge < -0.3 is 25.6 Å². The van der Waals surface area contributed by atoms with Crippen molar-refractivity contribution in [3.63, 3.8) is 0 Å². The fraction of sp³-hybridized carbons (Fsp3) is 0.484. The van der Waals surface area contributed by atoms with Crippen LogP contribution in [0.5, 0.6) is 5.75 Å². The monoisotopic (exact) mass is 586 g/mol. The minimum Gasteiger partial charge on any atom is -0.497 e. The molecule has 2 saturated heterocycles.